The highest BCUT2D eigenvalue weighted by Crippen LogP contribution is 2.04. The summed E-state index contributed by atoms with van der Waals surface area (Å²) in [4.78, 5) is 56.0. The van der Waals surface area contributed by atoms with Crippen LogP contribution < -0.4 is 5.32 Å². The van der Waals surface area contributed by atoms with Crippen molar-refractivity contribution in [3.63, 3.8) is 0 Å². The molecule has 0 unspecified atom stereocenters. The number of hydrogen-bond acceptors (Lipinski definition) is 7. The third kappa shape index (κ3) is 9.83. The van der Waals surface area contributed by atoms with Crippen molar-refractivity contribution in [1.29, 1.82) is 0 Å². The number of nitrogens with zero attached hydrogens (tertiary/aromatic N) is 1. The van der Waals surface area contributed by atoms with Gasteiger partial charge in [-0.3, -0.25) is 9.59 Å². The Morgan fingerprint density at radius 1 is 1.00 bits per heavy atom. The monoisotopic (exact) mass is 380 g/mol. The minimum absolute atomic E-state index is 0.0229. The van der Waals surface area contributed by atoms with E-state index in [-0.39, 0.29) is 32.5 Å². The third-order valence-electron chi connectivity index (χ3n) is 3.39. The van der Waals surface area contributed by atoms with Crippen LogP contribution in [0.2, 0.25) is 0 Å². The molecule has 0 saturated heterocycles. The minimum atomic E-state index is -0.902. The standard InChI is InChI=1S/C18H24N2O7/c1-3-25-17(23)13-19-15(21)11-12-20(2)18(24)27-26-16(22)10-9-14-7-5-4-6-8-14/h4-8H,3,9-13H2,1-2H3,(H,19,21). The summed E-state index contributed by atoms with van der Waals surface area (Å²) in [6.45, 7) is 1.68. The van der Waals surface area contributed by atoms with Crippen molar-refractivity contribution in [2.24, 2.45) is 0 Å². The number of esters is 1. The van der Waals surface area contributed by atoms with Crippen molar-refractivity contribution in [2.45, 2.75) is 26.2 Å². The highest BCUT2D eigenvalue weighted by Gasteiger charge is 2.16. The molecule has 2 amide bonds. The molecule has 0 aliphatic heterocycles. The van der Waals surface area contributed by atoms with Crippen LogP contribution in [0.3, 0.4) is 0 Å². The first-order valence-electron chi connectivity index (χ1n) is 8.51. The molecule has 9 nitrogen and oxygen atoms in total. The molecule has 0 aliphatic rings. The molecule has 1 aromatic carbocycles. The van der Waals surface area contributed by atoms with Gasteiger partial charge in [-0.1, -0.05) is 30.3 Å². The Hall–Kier alpha value is -3.10. The SMILES string of the molecule is CCOC(=O)CNC(=O)CCN(C)C(=O)OOC(=O)CCc1ccccc1. The van der Waals surface area contributed by atoms with Gasteiger partial charge in [0, 0.05) is 20.0 Å². The lowest BCUT2D eigenvalue weighted by Crippen LogP contribution is -2.35. The maximum Gasteiger partial charge on any atom is 0.452 e. The number of amides is 2. The average Bonchev–Trinajstić information content (AvgIpc) is 2.68. The van der Waals surface area contributed by atoms with E-state index in [4.69, 9.17) is 0 Å². The molecule has 0 aromatic heterocycles. The Labute approximate surface area is 157 Å². The van der Waals surface area contributed by atoms with Gasteiger partial charge in [-0.15, -0.1) is 0 Å². The van der Waals surface area contributed by atoms with Crippen LogP contribution in [0.25, 0.3) is 0 Å². The number of ether oxygens (including phenoxy) is 1. The van der Waals surface area contributed by atoms with Crippen molar-refractivity contribution in [3.05, 3.63) is 35.9 Å². The highest BCUT2D eigenvalue weighted by atomic mass is 17.2. The zero-order valence-corrected chi connectivity index (χ0v) is 15.4. The first kappa shape index (κ1) is 21.9. The normalized spacial score (nSPS) is 9.85. The van der Waals surface area contributed by atoms with E-state index < -0.39 is 23.9 Å². The number of carbonyl (C=O) groups is 4. The van der Waals surface area contributed by atoms with E-state index in [2.05, 4.69) is 19.8 Å². The fourth-order valence-corrected chi connectivity index (χ4v) is 1.91. The maximum absolute atomic E-state index is 11.7. The minimum Gasteiger partial charge on any atom is -0.465 e. The maximum atomic E-state index is 11.7. The second kappa shape index (κ2) is 12.3. The van der Waals surface area contributed by atoms with Gasteiger partial charge < -0.3 is 15.0 Å². The average molecular weight is 380 g/mol. The van der Waals surface area contributed by atoms with Crippen LogP contribution in [0.1, 0.15) is 25.3 Å². The van der Waals surface area contributed by atoms with Crippen LogP contribution in [0, 0.1) is 0 Å². The summed E-state index contributed by atoms with van der Waals surface area (Å²) in [6, 6.07) is 9.34. The van der Waals surface area contributed by atoms with E-state index in [1.165, 1.54) is 7.05 Å². The third-order valence-corrected chi connectivity index (χ3v) is 3.39. The lowest BCUT2D eigenvalue weighted by Gasteiger charge is -2.15. The molecule has 0 saturated carbocycles. The summed E-state index contributed by atoms with van der Waals surface area (Å²) in [6.07, 6.45) is -0.418. The van der Waals surface area contributed by atoms with Crippen molar-refractivity contribution in [2.75, 3.05) is 26.7 Å². The predicted octanol–water partition coefficient (Wildman–Crippen LogP) is 1.22. The van der Waals surface area contributed by atoms with Gasteiger partial charge in [0.15, 0.2) is 0 Å². The van der Waals surface area contributed by atoms with Gasteiger partial charge in [-0.2, -0.15) is 0 Å². The lowest BCUT2D eigenvalue weighted by molar-refractivity contribution is -0.236. The number of aryl methyl sites for hydroxylation is 1. The van der Waals surface area contributed by atoms with Gasteiger partial charge in [0.1, 0.15) is 6.54 Å². The number of benzene rings is 1. The molecule has 0 spiro atoms. The molecular weight excluding hydrogens is 356 g/mol. The molecule has 0 heterocycles. The molecule has 148 valence electrons. The molecule has 0 aliphatic carbocycles. The van der Waals surface area contributed by atoms with E-state index in [9.17, 15) is 19.2 Å². The smallest absolute Gasteiger partial charge is 0.452 e. The van der Waals surface area contributed by atoms with Crippen molar-refractivity contribution in [3.8, 4) is 0 Å². The largest absolute Gasteiger partial charge is 0.465 e. The Morgan fingerprint density at radius 3 is 2.37 bits per heavy atom. The summed E-state index contributed by atoms with van der Waals surface area (Å²) >= 11 is 0. The predicted molar refractivity (Wildman–Crippen MR) is 94.2 cm³/mol. The highest BCUT2D eigenvalue weighted by molar-refractivity contribution is 5.82. The molecule has 9 heteroatoms. The zero-order valence-electron chi connectivity index (χ0n) is 15.4. The van der Waals surface area contributed by atoms with E-state index >= 15 is 0 Å². The topological polar surface area (TPSA) is 111 Å². The van der Waals surface area contributed by atoms with Gasteiger partial charge in [0.05, 0.1) is 13.0 Å². The molecule has 1 rings (SSSR count). The Balaban J connectivity index is 2.18. The Kier molecular flexibility index (Phi) is 9.98. The molecule has 1 N–H and O–H groups in total. The van der Waals surface area contributed by atoms with E-state index in [1.807, 2.05) is 30.3 Å². The summed E-state index contributed by atoms with van der Waals surface area (Å²) in [5, 5.41) is 2.37. The van der Waals surface area contributed by atoms with Gasteiger partial charge in [0.2, 0.25) is 5.91 Å². The van der Waals surface area contributed by atoms with Crippen molar-refractivity contribution in [1.82, 2.24) is 10.2 Å². The number of rotatable bonds is 9. The zero-order chi connectivity index (χ0) is 20.1. The van der Waals surface area contributed by atoms with Crippen molar-refractivity contribution >= 4 is 23.9 Å². The second-order valence-electron chi connectivity index (χ2n) is 5.54. The van der Waals surface area contributed by atoms with Crippen molar-refractivity contribution < 1.29 is 33.7 Å². The van der Waals surface area contributed by atoms with E-state index in [0.717, 1.165) is 10.5 Å². The molecule has 0 atom stereocenters. The van der Waals surface area contributed by atoms with E-state index in [1.54, 1.807) is 6.92 Å². The fourth-order valence-electron chi connectivity index (χ4n) is 1.91. The first-order chi connectivity index (χ1) is 12.9. The number of hydrogen-bond donors (Lipinski definition) is 1. The molecule has 27 heavy (non-hydrogen) atoms. The second-order valence-corrected chi connectivity index (χ2v) is 5.54. The summed E-state index contributed by atoms with van der Waals surface area (Å²) in [5.74, 6) is -1.64. The van der Waals surface area contributed by atoms with Gasteiger partial charge >= 0.3 is 18.0 Å². The number of carbonyl (C=O) groups excluding carboxylic acids is 4. The molecular formula is C18H24N2O7. The van der Waals surface area contributed by atoms with E-state index in [0.29, 0.717) is 6.42 Å². The lowest BCUT2D eigenvalue weighted by atomic mass is 10.1. The Morgan fingerprint density at radius 2 is 1.70 bits per heavy atom. The summed E-state index contributed by atoms with van der Waals surface area (Å²) in [5.41, 5.74) is 0.965. The quantitative estimate of drug-likeness (QED) is 0.389. The molecule has 1 aromatic rings. The fraction of sp³-hybridized carbons (Fsp3) is 0.444. The Bertz CT molecular complexity index is 634. The van der Waals surface area contributed by atoms with Crippen LogP contribution >= 0.6 is 0 Å². The van der Waals surface area contributed by atoms with Gasteiger partial charge in [0.25, 0.3) is 0 Å². The number of nitrogens with one attached hydrogen (secondary N) is 1. The molecule has 0 radical (unpaired) electrons. The summed E-state index contributed by atoms with van der Waals surface area (Å²) < 4.78 is 4.67. The van der Waals surface area contributed by atoms with Crippen LogP contribution in [-0.4, -0.2) is 55.6 Å². The summed E-state index contributed by atoms with van der Waals surface area (Å²) in [7, 11) is 1.39. The van der Waals surface area contributed by atoms with Gasteiger partial charge in [-0.25, -0.2) is 19.4 Å². The molecule has 0 bridgehead atoms. The van der Waals surface area contributed by atoms with Crippen LogP contribution in [0.4, 0.5) is 4.79 Å². The van der Waals surface area contributed by atoms with Crippen LogP contribution in [0.15, 0.2) is 30.3 Å². The van der Waals surface area contributed by atoms with Crippen LogP contribution in [0.5, 0.6) is 0 Å². The van der Waals surface area contributed by atoms with Gasteiger partial charge in [-0.05, 0) is 18.9 Å². The molecule has 0 fully saturated rings. The van der Waals surface area contributed by atoms with Crippen LogP contribution in [-0.2, 0) is 35.3 Å². The first-order valence-corrected chi connectivity index (χ1v) is 8.51.